The fraction of sp³-hybridized carbons (Fsp3) is 0.318. The highest BCUT2D eigenvalue weighted by Gasteiger charge is 2.32. The van der Waals surface area contributed by atoms with Crippen molar-refractivity contribution in [3.05, 3.63) is 70.0 Å². The molecule has 0 saturated carbocycles. The Balaban J connectivity index is 1.56. The zero-order valence-corrected chi connectivity index (χ0v) is 14.9. The van der Waals surface area contributed by atoms with Crippen LogP contribution in [0.5, 0.6) is 0 Å². The quantitative estimate of drug-likeness (QED) is 0.580. The Hall–Kier alpha value is -2.97. The lowest BCUT2D eigenvalue weighted by atomic mass is 9.91. The molecule has 5 nitrogen and oxygen atoms in total. The number of fused-ring (bicyclic) bond motifs is 3. The van der Waals surface area contributed by atoms with Gasteiger partial charge in [-0.2, -0.15) is 0 Å². The van der Waals surface area contributed by atoms with E-state index in [9.17, 15) is 4.79 Å². The van der Waals surface area contributed by atoms with E-state index in [4.69, 9.17) is 9.72 Å². The lowest BCUT2D eigenvalue weighted by Crippen LogP contribution is -2.25. The van der Waals surface area contributed by atoms with Gasteiger partial charge in [-0.3, -0.25) is 9.36 Å². The number of rotatable bonds is 0. The van der Waals surface area contributed by atoms with Gasteiger partial charge in [0.05, 0.1) is 17.5 Å². The number of hydrogen-bond acceptors (Lipinski definition) is 4. The molecular weight excluding hydrogens is 338 g/mol. The minimum atomic E-state index is 0.0557. The van der Waals surface area contributed by atoms with Gasteiger partial charge >= 0.3 is 0 Å². The standard InChI is InChI=1S/C22H19N3O2/c26-22-19-7-5-15(4-6-18-3-1-2-9-23-18)11-20(19)24-21-12-17-14-27-13-16(17)8-10-25(21)22/h1-3,5,7,9,11,16-17H,8,10,12-14H2. The number of pyridine rings is 1. The maximum absolute atomic E-state index is 13.0. The first-order valence-corrected chi connectivity index (χ1v) is 9.32. The molecule has 134 valence electrons. The normalized spacial score (nSPS) is 21.0. The summed E-state index contributed by atoms with van der Waals surface area (Å²) in [4.78, 5) is 22.0. The van der Waals surface area contributed by atoms with E-state index in [0.29, 0.717) is 17.2 Å². The van der Waals surface area contributed by atoms with Gasteiger partial charge in [-0.05, 0) is 54.5 Å². The zero-order valence-electron chi connectivity index (χ0n) is 14.9. The number of ether oxygens (including phenoxy) is 1. The summed E-state index contributed by atoms with van der Waals surface area (Å²) in [5, 5.41) is 0.658. The summed E-state index contributed by atoms with van der Waals surface area (Å²) >= 11 is 0. The molecule has 0 bridgehead atoms. The molecule has 2 atom stereocenters. The molecule has 0 aliphatic carbocycles. The SMILES string of the molecule is O=c1c2ccc(C#Cc3ccccn3)cc2nc2n1CCC1COCC1C2. The molecule has 5 rings (SSSR count). The van der Waals surface area contributed by atoms with Crippen LogP contribution < -0.4 is 5.56 Å². The van der Waals surface area contributed by atoms with Crippen LogP contribution in [0.2, 0.25) is 0 Å². The van der Waals surface area contributed by atoms with Gasteiger partial charge in [-0.1, -0.05) is 12.0 Å². The van der Waals surface area contributed by atoms with Crippen LogP contribution in [-0.2, 0) is 17.7 Å². The predicted molar refractivity (Wildman–Crippen MR) is 102 cm³/mol. The van der Waals surface area contributed by atoms with Crippen LogP contribution in [-0.4, -0.2) is 27.7 Å². The predicted octanol–water partition coefficient (Wildman–Crippen LogP) is 2.40. The fourth-order valence-corrected chi connectivity index (χ4v) is 4.02. The van der Waals surface area contributed by atoms with Crippen molar-refractivity contribution in [1.29, 1.82) is 0 Å². The molecule has 1 fully saturated rings. The lowest BCUT2D eigenvalue weighted by molar-refractivity contribution is 0.177. The summed E-state index contributed by atoms with van der Waals surface area (Å²) in [6.07, 6.45) is 3.51. The third kappa shape index (κ3) is 3.02. The first-order valence-electron chi connectivity index (χ1n) is 9.32. The molecule has 2 aromatic heterocycles. The smallest absolute Gasteiger partial charge is 0.261 e. The van der Waals surface area contributed by atoms with Gasteiger partial charge < -0.3 is 4.74 Å². The third-order valence-electron chi connectivity index (χ3n) is 5.53. The van der Waals surface area contributed by atoms with Crippen molar-refractivity contribution in [2.75, 3.05) is 13.2 Å². The highest BCUT2D eigenvalue weighted by atomic mass is 16.5. The minimum absolute atomic E-state index is 0.0557. The Morgan fingerprint density at radius 2 is 2.04 bits per heavy atom. The lowest BCUT2D eigenvalue weighted by Gasteiger charge is -2.12. The van der Waals surface area contributed by atoms with Crippen molar-refractivity contribution in [3.63, 3.8) is 0 Å². The highest BCUT2D eigenvalue weighted by molar-refractivity contribution is 5.79. The van der Waals surface area contributed by atoms with Crippen LogP contribution in [0.25, 0.3) is 10.9 Å². The van der Waals surface area contributed by atoms with E-state index in [2.05, 4.69) is 16.8 Å². The Bertz CT molecular complexity index is 1130. The maximum Gasteiger partial charge on any atom is 0.261 e. The Kier molecular flexibility index (Phi) is 3.99. The molecule has 3 aromatic rings. The minimum Gasteiger partial charge on any atom is -0.381 e. The number of benzene rings is 1. The van der Waals surface area contributed by atoms with Gasteiger partial charge in [0.25, 0.3) is 5.56 Å². The van der Waals surface area contributed by atoms with Crippen molar-refractivity contribution in [3.8, 4) is 11.8 Å². The second-order valence-corrected chi connectivity index (χ2v) is 7.23. The fourth-order valence-electron chi connectivity index (χ4n) is 4.02. The van der Waals surface area contributed by atoms with E-state index in [1.807, 2.05) is 41.0 Å². The number of hydrogen-bond donors (Lipinski definition) is 0. The van der Waals surface area contributed by atoms with E-state index in [0.717, 1.165) is 55.2 Å². The molecule has 0 N–H and O–H groups in total. The number of aromatic nitrogens is 3. The summed E-state index contributed by atoms with van der Waals surface area (Å²) in [6, 6.07) is 11.3. The van der Waals surface area contributed by atoms with Gasteiger partial charge in [0.1, 0.15) is 11.5 Å². The van der Waals surface area contributed by atoms with Crippen LogP contribution in [0.3, 0.4) is 0 Å². The molecule has 0 amide bonds. The van der Waals surface area contributed by atoms with Gasteiger partial charge in [-0.15, -0.1) is 0 Å². The summed E-state index contributed by atoms with van der Waals surface area (Å²) in [5.74, 6) is 8.05. The average molecular weight is 357 g/mol. The van der Waals surface area contributed by atoms with E-state index in [1.54, 1.807) is 6.20 Å². The van der Waals surface area contributed by atoms with Crippen LogP contribution in [0, 0.1) is 23.7 Å². The largest absolute Gasteiger partial charge is 0.381 e. The van der Waals surface area contributed by atoms with E-state index < -0.39 is 0 Å². The third-order valence-corrected chi connectivity index (χ3v) is 5.53. The van der Waals surface area contributed by atoms with Gasteiger partial charge in [0.15, 0.2) is 0 Å². The molecular formula is C22H19N3O2. The van der Waals surface area contributed by atoms with Crippen molar-refractivity contribution in [2.24, 2.45) is 11.8 Å². The van der Waals surface area contributed by atoms with Gasteiger partial charge in [0.2, 0.25) is 0 Å². The summed E-state index contributed by atoms with van der Waals surface area (Å²) in [7, 11) is 0. The second-order valence-electron chi connectivity index (χ2n) is 7.23. The van der Waals surface area contributed by atoms with E-state index in [1.165, 1.54) is 0 Å². The summed E-state index contributed by atoms with van der Waals surface area (Å²) in [5.41, 5.74) is 2.33. The second kappa shape index (κ2) is 6.64. The molecule has 0 spiro atoms. The number of nitrogens with zero attached hydrogens (tertiary/aromatic N) is 3. The molecule has 4 heterocycles. The van der Waals surface area contributed by atoms with Gasteiger partial charge in [-0.25, -0.2) is 9.97 Å². The summed E-state index contributed by atoms with van der Waals surface area (Å²) < 4.78 is 7.49. The van der Waals surface area contributed by atoms with Crippen molar-refractivity contribution in [1.82, 2.24) is 14.5 Å². The molecule has 5 heteroatoms. The first-order chi connectivity index (χ1) is 13.3. The first kappa shape index (κ1) is 16.2. The van der Waals surface area contributed by atoms with Crippen LogP contribution in [0.1, 0.15) is 23.5 Å². The molecule has 1 saturated heterocycles. The topological polar surface area (TPSA) is 57.0 Å². The summed E-state index contributed by atoms with van der Waals surface area (Å²) in [6.45, 7) is 2.30. The van der Waals surface area contributed by atoms with Crippen LogP contribution in [0.15, 0.2) is 47.4 Å². The van der Waals surface area contributed by atoms with Crippen LogP contribution in [0.4, 0.5) is 0 Å². The zero-order chi connectivity index (χ0) is 18.2. The molecule has 27 heavy (non-hydrogen) atoms. The molecule has 1 aromatic carbocycles. The van der Waals surface area contributed by atoms with Crippen molar-refractivity contribution < 1.29 is 4.74 Å². The molecule has 2 aliphatic heterocycles. The van der Waals surface area contributed by atoms with Crippen LogP contribution >= 0.6 is 0 Å². The van der Waals surface area contributed by atoms with Gasteiger partial charge in [0, 0.05) is 31.3 Å². The van der Waals surface area contributed by atoms with Crippen molar-refractivity contribution in [2.45, 2.75) is 19.4 Å². The Morgan fingerprint density at radius 1 is 1.11 bits per heavy atom. The monoisotopic (exact) mass is 357 g/mol. The molecule has 0 radical (unpaired) electrons. The Morgan fingerprint density at radius 3 is 2.93 bits per heavy atom. The van der Waals surface area contributed by atoms with Crippen molar-refractivity contribution >= 4 is 10.9 Å². The highest BCUT2D eigenvalue weighted by Crippen LogP contribution is 2.30. The Labute approximate surface area is 157 Å². The molecule has 2 aliphatic rings. The average Bonchev–Trinajstić information content (AvgIpc) is 3.06. The van der Waals surface area contributed by atoms with E-state index >= 15 is 0 Å². The van der Waals surface area contributed by atoms with E-state index in [-0.39, 0.29) is 5.56 Å². The molecule has 2 unspecified atom stereocenters. The maximum atomic E-state index is 13.0.